The third-order valence-electron chi connectivity index (χ3n) is 8.41. The summed E-state index contributed by atoms with van der Waals surface area (Å²) < 4.78 is 39.1. The quantitative estimate of drug-likeness (QED) is 0.338. The monoisotopic (exact) mass is 619 g/mol. The Labute approximate surface area is 257 Å². The van der Waals surface area contributed by atoms with E-state index in [9.17, 15) is 18.2 Å². The molecule has 232 valence electrons. The standard InChI is InChI=1S/C33H38FN5O4S/c1-19-16-24(17-20(2)29(19)34)39-30(28-21(3)37(14-11-27(28)35-39)32(41)43-33(4,5)6)25-10-13-38(31(25)40)23-8-9-26-22(18-23)12-15-44(7,42)36-26/h8-10,13,16-18,21,25H,11-12,14-15H2,1-7H3/t21-,25?,44?/m0/s1. The van der Waals surface area contributed by atoms with Crippen molar-refractivity contribution in [2.24, 2.45) is 4.36 Å². The van der Waals surface area contributed by atoms with Crippen molar-refractivity contribution in [1.29, 1.82) is 0 Å². The van der Waals surface area contributed by atoms with E-state index >= 15 is 0 Å². The number of aryl methyl sites for hydroxylation is 3. The Bertz CT molecular complexity index is 1840. The van der Waals surface area contributed by atoms with Gasteiger partial charge in [-0.1, -0.05) is 0 Å². The molecule has 0 aliphatic carbocycles. The van der Waals surface area contributed by atoms with E-state index < -0.39 is 33.4 Å². The largest absolute Gasteiger partial charge is 0.444 e. The number of nitrogens with zero attached hydrogens (tertiary/aromatic N) is 5. The Morgan fingerprint density at radius 1 is 1.09 bits per heavy atom. The van der Waals surface area contributed by atoms with E-state index in [1.54, 1.807) is 52.9 Å². The molecule has 3 aliphatic heterocycles. The second kappa shape index (κ2) is 10.6. The number of benzene rings is 2. The third kappa shape index (κ3) is 5.31. The Kier molecular flexibility index (Phi) is 7.22. The van der Waals surface area contributed by atoms with Crippen molar-refractivity contribution < 1.29 is 22.9 Å². The maximum atomic E-state index is 14.7. The molecule has 9 nitrogen and oxygen atoms in total. The molecule has 0 bridgehead atoms. The first-order valence-electron chi connectivity index (χ1n) is 14.9. The molecule has 0 radical (unpaired) electrons. The minimum atomic E-state index is -2.24. The van der Waals surface area contributed by atoms with Gasteiger partial charge in [-0.2, -0.15) is 9.46 Å². The normalized spacial score (nSPS) is 23.0. The third-order valence-corrected chi connectivity index (χ3v) is 9.96. The van der Waals surface area contributed by atoms with Gasteiger partial charge in [0, 0.05) is 52.2 Å². The average Bonchev–Trinajstić information content (AvgIpc) is 3.50. The van der Waals surface area contributed by atoms with Crippen molar-refractivity contribution in [3.05, 3.63) is 82.1 Å². The lowest BCUT2D eigenvalue weighted by molar-refractivity contribution is -0.118. The van der Waals surface area contributed by atoms with Crippen LogP contribution >= 0.6 is 0 Å². The molecule has 44 heavy (non-hydrogen) atoms. The summed E-state index contributed by atoms with van der Waals surface area (Å²) in [5.74, 6) is -0.673. The van der Waals surface area contributed by atoms with Gasteiger partial charge in [0.05, 0.1) is 28.8 Å². The van der Waals surface area contributed by atoms with E-state index in [1.807, 2.05) is 52.0 Å². The van der Waals surface area contributed by atoms with Gasteiger partial charge in [-0.15, -0.1) is 0 Å². The Morgan fingerprint density at radius 2 is 1.80 bits per heavy atom. The van der Waals surface area contributed by atoms with E-state index in [-0.39, 0.29) is 11.7 Å². The zero-order valence-electron chi connectivity index (χ0n) is 26.2. The molecule has 2 amide bonds. The van der Waals surface area contributed by atoms with Gasteiger partial charge in [0.1, 0.15) is 17.3 Å². The van der Waals surface area contributed by atoms with Crippen molar-refractivity contribution in [3.63, 3.8) is 0 Å². The second-order valence-electron chi connectivity index (χ2n) is 13.0. The Hall–Kier alpha value is -3.99. The maximum Gasteiger partial charge on any atom is 0.410 e. The number of hydrogen-bond acceptors (Lipinski definition) is 6. The fourth-order valence-electron chi connectivity index (χ4n) is 6.28. The molecule has 2 unspecified atom stereocenters. The molecule has 1 aromatic heterocycles. The molecule has 3 aliphatic rings. The fourth-order valence-corrected chi connectivity index (χ4v) is 7.56. The van der Waals surface area contributed by atoms with Crippen LogP contribution in [0.3, 0.4) is 0 Å². The van der Waals surface area contributed by atoms with Gasteiger partial charge < -0.3 is 9.64 Å². The Morgan fingerprint density at radius 3 is 2.48 bits per heavy atom. The van der Waals surface area contributed by atoms with Crippen LogP contribution in [0.25, 0.3) is 5.69 Å². The summed E-state index contributed by atoms with van der Waals surface area (Å²) in [7, 11) is -2.24. The van der Waals surface area contributed by atoms with E-state index in [0.717, 1.165) is 16.8 Å². The summed E-state index contributed by atoms with van der Waals surface area (Å²) in [4.78, 5) is 30.8. The Balaban J connectivity index is 1.43. The predicted octanol–water partition coefficient (Wildman–Crippen LogP) is 6.41. The number of fused-ring (bicyclic) bond motifs is 2. The molecule has 3 aromatic rings. The zero-order valence-corrected chi connectivity index (χ0v) is 27.0. The van der Waals surface area contributed by atoms with Crippen molar-refractivity contribution in [3.8, 4) is 5.69 Å². The summed E-state index contributed by atoms with van der Waals surface area (Å²) in [6.07, 6.45) is 5.97. The zero-order chi connectivity index (χ0) is 31.7. The lowest BCUT2D eigenvalue weighted by atomic mass is 9.91. The molecule has 0 spiro atoms. The van der Waals surface area contributed by atoms with Gasteiger partial charge in [0.25, 0.3) is 0 Å². The molecule has 11 heteroatoms. The smallest absolute Gasteiger partial charge is 0.410 e. The first-order valence-corrected chi connectivity index (χ1v) is 17.0. The maximum absolute atomic E-state index is 14.7. The molecule has 4 heterocycles. The van der Waals surface area contributed by atoms with E-state index in [1.165, 1.54) is 0 Å². The second-order valence-corrected chi connectivity index (χ2v) is 15.5. The van der Waals surface area contributed by atoms with Crippen LogP contribution in [-0.2, 0) is 32.1 Å². The SMILES string of the molecule is Cc1cc(-n2nc3c(c2C2C=CN(c4ccc5c(c4)CCS(C)(=O)=N5)C2=O)[C@H](C)N(C(=O)OC(C)(C)C)CC3)cc(C)c1F. The number of carbonyl (C=O) groups excluding carboxylic acids is 2. The molecule has 0 fully saturated rings. The van der Waals surface area contributed by atoms with Crippen LogP contribution in [0.1, 0.15) is 73.3 Å². The van der Waals surface area contributed by atoms with Crippen molar-refractivity contribution in [2.75, 3.05) is 23.5 Å². The lowest BCUT2D eigenvalue weighted by Crippen LogP contribution is -2.42. The fraction of sp³-hybridized carbons (Fsp3) is 0.424. The average molecular weight is 620 g/mol. The summed E-state index contributed by atoms with van der Waals surface area (Å²) >= 11 is 0. The van der Waals surface area contributed by atoms with Crippen LogP contribution in [0.5, 0.6) is 0 Å². The van der Waals surface area contributed by atoms with Gasteiger partial charge in [0.2, 0.25) is 5.91 Å². The van der Waals surface area contributed by atoms with Crippen LogP contribution < -0.4 is 4.90 Å². The van der Waals surface area contributed by atoms with Gasteiger partial charge in [-0.25, -0.2) is 18.1 Å². The highest BCUT2D eigenvalue weighted by Gasteiger charge is 2.41. The molecule has 0 saturated carbocycles. The summed E-state index contributed by atoms with van der Waals surface area (Å²) in [5, 5.41) is 4.97. The molecular weight excluding hydrogens is 581 g/mol. The van der Waals surface area contributed by atoms with Crippen molar-refractivity contribution >= 4 is 33.1 Å². The van der Waals surface area contributed by atoms with Gasteiger partial charge in [0.15, 0.2) is 0 Å². The van der Waals surface area contributed by atoms with Crippen LogP contribution in [0.4, 0.5) is 20.6 Å². The first kappa shape index (κ1) is 30.1. The highest BCUT2D eigenvalue weighted by molar-refractivity contribution is 7.93. The van der Waals surface area contributed by atoms with Crippen molar-refractivity contribution in [2.45, 2.75) is 71.9 Å². The lowest BCUT2D eigenvalue weighted by Gasteiger charge is -2.35. The summed E-state index contributed by atoms with van der Waals surface area (Å²) in [6.45, 7) is 11.3. The minimum Gasteiger partial charge on any atom is -0.444 e. The van der Waals surface area contributed by atoms with Gasteiger partial charge in [-0.3, -0.25) is 9.69 Å². The number of amides is 2. The predicted molar refractivity (Wildman–Crippen MR) is 169 cm³/mol. The van der Waals surface area contributed by atoms with E-state index in [4.69, 9.17) is 9.84 Å². The van der Waals surface area contributed by atoms with E-state index in [2.05, 4.69) is 4.36 Å². The van der Waals surface area contributed by atoms with Crippen LogP contribution in [0, 0.1) is 19.7 Å². The van der Waals surface area contributed by atoms with Crippen LogP contribution in [0.2, 0.25) is 0 Å². The first-order chi connectivity index (χ1) is 20.6. The van der Waals surface area contributed by atoms with Crippen LogP contribution in [-0.4, -0.2) is 55.0 Å². The number of hydrogen-bond donors (Lipinski definition) is 0. The van der Waals surface area contributed by atoms with Crippen molar-refractivity contribution in [1.82, 2.24) is 14.7 Å². The molecule has 0 saturated heterocycles. The van der Waals surface area contributed by atoms with E-state index in [0.29, 0.717) is 59.0 Å². The number of anilines is 1. The number of ether oxygens (including phenoxy) is 1. The number of aromatic nitrogens is 2. The topological polar surface area (TPSA) is 97.1 Å². The van der Waals surface area contributed by atoms with Gasteiger partial charge >= 0.3 is 6.09 Å². The highest BCUT2D eigenvalue weighted by Crippen LogP contribution is 2.42. The molecule has 6 rings (SSSR count). The minimum absolute atomic E-state index is 0.168. The molecule has 2 aromatic carbocycles. The molecule has 0 N–H and O–H groups in total. The summed E-state index contributed by atoms with van der Waals surface area (Å²) in [6, 6.07) is 8.63. The molecule has 3 atom stereocenters. The molecular formula is C33H38FN5O4S. The van der Waals surface area contributed by atoms with Crippen LogP contribution in [0.15, 0.2) is 47.0 Å². The number of carbonyl (C=O) groups is 2. The number of rotatable bonds is 3. The number of halogens is 1. The van der Waals surface area contributed by atoms with Gasteiger partial charge in [-0.05, 0) is 101 Å². The summed E-state index contributed by atoms with van der Waals surface area (Å²) in [5.41, 5.74) is 5.55. The highest BCUT2D eigenvalue weighted by atomic mass is 32.2.